The third-order valence-electron chi connectivity index (χ3n) is 5.14. The topological polar surface area (TPSA) is 71.5 Å². The summed E-state index contributed by atoms with van der Waals surface area (Å²) in [6.45, 7) is 1.15. The van der Waals surface area contributed by atoms with Crippen LogP contribution < -0.4 is 9.64 Å². The Morgan fingerprint density at radius 2 is 1.97 bits per heavy atom. The van der Waals surface area contributed by atoms with Crippen LogP contribution >= 0.6 is 0 Å². The van der Waals surface area contributed by atoms with E-state index >= 15 is 0 Å². The van der Waals surface area contributed by atoms with Gasteiger partial charge in [-0.25, -0.2) is 9.97 Å². The molecule has 0 unspecified atom stereocenters. The molecule has 0 atom stereocenters. The first-order valence-electron chi connectivity index (χ1n) is 10.6. The van der Waals surface area contributed by atoms with Crippen molar-refractivity contribution in [1.29, 1.82) is 0 Å². The summed E-state index contributed by atoms with van der Waals surface area (Å²) in [6, 6.07) is 3.53. The summed E-state index contributed by atoms with van der Waals surface area (Å²) in [4.78, 5) is 29.4. The Morgan fingerprint density at radius 3 is 2.69 bits per heavy atom. The van der Waals surface area contributed by atoms with E-state index < -0.39 is 24.8 Å². The van der Waals surface area contributed by atoms with Crippen LogP contribution in [0.25, 0.3) is 11.5 Å². The normalized spacial score (nSPS) is 13.3. The number of rotatable bonds is 10. The van der Waals surface area contributed by atoms with E-state index in [1.807, 2.05) is 19.0 Å². The van der Waals surface area contributed by atoms with Crippen molar-refractivity contribution in [2.24, 2.45) is 0 Å². The average Bonchev–Trinajstić information content (AvgIpc) is 3.19. The van der Waals surface area contributed by atoms with Crippen LogP contribution in [0, 0.1) is 0 Å². The zero-order valence-electron chi connectivity index (χ0n) is 18.6. The van der Waals surface area contributed by atoms with Crippen LogP contribution in [0.5, 0.6) is 5.75 Å². The van der Waals surface area contributed by atoms with Crippen LogP contribution in [0.1, 0.15) is 30.5 Å². The fourth-order valence-electron chi connectivity index (χ4n) is 3.51. The number of likely N-dealkylation sites (N-methyl/N-ethyl adjacent to an activating group) is 2. The van der Waals surface area contributed by atoms with Gasteiger partial charge in [0.05, 0.1) is 13.0 Å². The predicted octanol–water partition coefficient (Wildman–Crippen LogP) is 3.32. The molecule has 32 heavy (non-hydrogen) atoms. The number of halogens is 3. The van der Waals surface area contributed by atoms with Crippen LogP contribution in [0.15, 0.2) is 18.3 Å². The summed E-state index contributed by atoms with van der Waals surface area (Å²) in [5, 5.41) is 0. The minimum Gasteiger partial charge on any atom is -0.492 e. The van der Waals surface area contributed by atoms with Gasteiger partial charge in [0.1, 0.15) is 23.9 Å². The molecule has 0 amide bonds. The zero-order chi connectivity index (χ0) is 23.3. The second-order valence-corrected chi connectivity index (χ2v) is 8.19. The molecule has 0 aliphatic heterocycles. The minimum atomic E-state index is -4.34. The fourth-order valence-corrected chi connectivity index (χ4v) is 3.51. The molecule has 7 nitrogen and oxygen atoms in total. The maximum atomic E-state index is 12.4. The van der Waals surface area contributed by atoms with Gasteiger partial charge in [0.25, 0.3) is 0 Å². The van der Waals surface area contributed by atoms with Crippen molar-refractivity contribution in [1.82, 2.24) is 19.9 Å². The van der Waals surface area contributed by atoms with Crippen LogP contribution in [0.2, 0.25) is 0 Å². The van der Waals surface area contributed by atoms with Gasteiger partial charge in [0, 0.05) is 43.5 Å². The van der Waals surface area contributed by atoms with Gasteiger partial charge in [0.15, 0.2) is 11.6 Å². The number of ketones is 1. The highest BCUT2D eigenvalue weighted by atomic mass is 19.4. The second kappa shape index (κ2) is 10.2. The fraction of sp³-hybridized carbons (Fsp3) is 0.545. The molecule has 0 radical (unpaired) electrons. The predicted molar refractivity (Wildman–Crippen MR) is 115 cm³/mol. The van der Waals surface area contributed by atoms with Gasteiger partial charge in [-0.1, -0.05) is 0 Å². The van der Waals surface area contributed by atoms with Gasteiger partial charge in [-0.15, -0.1) is 0 Å². The van der Waals surface area contributed by atoms with E-state index in [4.69, 9.17) is 4.74 Å². The molecule has 1 aliphatic rings. The van der Waals surface area contributed by atoms with Crippen molar-refractivity contribution in [3.8, 4) is 17.3 Å². The number of anilines is 1. The Morgan fingerprint density at radius 1 is 1.19 bits per heavy atom. The number of pyridine rings is 1. The molecule has 1 aliphatic carbocycles. The first-order valence-corrected chi connectivity index (χ1v) is 10.6. The van der Waals surface area contributed by atoms with Crippen molar-refractivity contribution in [3.63, 3.8) is 0 Å². The molecular weight excluding hydrogens is 423 g/mol. The first kappa shape index (κ1) is 23.9. The summed E-state index contributed by atoms with van der Waals surface area (Å²) >= 11 is 0. The molecule has 2 aromatic rings. The molecule has 0 aromatic carbocycles. The van der Waals surface area contributed by atoms with Gasteiger partial charge in [0.2, 0.25) is 0 Å². The molecule has 3 rings (SSSR count). The van der Waals surface area contributed by atoms with E-state index in [-0.39, 0.29) is 6.54 Å². The number of nitrogens with zero attached hydrogens (tertiary/aromatic N) is 5. The molecular formula is C22H28F3N5O2. The summed E-state index contributed by atoms with van der Waals surface area (Å²) < 4.78 is 43.1. The molecule has 0 saturated heterocycles. The largest absolute Gasteiger partial charge is 0.492 e. The molecule has 174 valence electrons. The van der Waals surface area contributed by atoms with Gasteiger partial charge < -0.3 is 14.5 Å². The van der Waals surface area contributed by atoms with Crippen LogP contribution in [-0.2, 0) is 17.6 Å². The van der Waals surface area contributed by atoms with Crippen molar-refractivity contribution < 1.29 is 22.7 Å². The Kier molecular flexibility index (Phi) is 7.65. The number of hydrogen-bond acceptors (Lipinski definition) is 7. The van der Waals surface area contributed by atoms with E-state index in [1.165, 1.54) is 0 Å². The van der Waals surface area contributed by atoms with Crippen molar-refractivity contribution in [2.75, 3.05) is 45.7 Å². The van der Waals surface area contributed by atoms with Crippen molar-refractivity contribution in [2.45, 2.75) is 38.3 Å². The number of alkyl halides is 3. The number of fused-ring (bicyclic) bond motifs is 1. The number of aryl methyl sites for hydroxylation is 1. The molecule has 2 heterocycles. The SMILES string of the molecule is CN(C)CCOc1ccnc(-c2nc3c(c(N(C)CC(=O)CCC(F)(F)F)n2)CCC3)c1. The van der Waals surface area contributed by atoms with Gasteiger partial charge in [-0.05, 0) is 39.4 Å². The van der Waals surface area contributed by atoms with E-state index in [1.54, 1.807) is 30.3 Å². The van der Waals surface area contributed by atoms with Gasteiger partial charge in [-0.3, -0.25) is 9.78 Å². The number of ether oxygens (including phenoxy) is 1. The number of carbonyl (C=O) groups is 1. The molecule has 0 saturated carbocycles. The maximum Gasteiger partial charge on any atom is 0.389 e. The lowest BCUT2D eigenvalue weighted by atomic mass is 10.2. The number of Topliss-reactive ketones (excluding diaryl/α,β-unsaturated/α-hetero) is 1. The number of aromatic nitrogens is 3. The highest BCUT2D eigenvalue weighted by molar-refractivity contribution is 5.83. The monoisotopic (exact) mass is 451 g/mol. The highest BCUT2D eigenvalue weighted by Gasteiger charge is 2.29. The molecule has 0 spiro atoms. The lowest BCUT2D eigenvalue weighted by Crippen LogP contribution is -2.28. The average molecular weight is 451 g/mol. The quantitative estimate of drug-likeness (QED) is 0.549. The minimum absolute atomic E-state index is 0.139. The van der Waals surface area contributed by atoms with E-state index in [2.05, 4.69) is 15.0 Å². The summed E-state index contributed by atoms with van der Waals surface area (Å²) in [5.74, 6) is 1.15. The molecule has 0 bridgehead atoms. The smallest absolute Gasteiger partial charge is 0.389 e. The third kappa shape index (κ3) is 6.62. The summed E-state index contributed by atoms with van der Waals surface area (Å²) in [5.41, 5.74) is 2.37. The molecule has 2 aromatic heterocycles. The lowest BCUT2D eigenvalue weighted by molar-refractivity contribution is -0.142. The third-order valence-corrected chi connectivity index (χ3v) is 5.14. The zero-order valence-corrected chi connectivity index (χ0v) is 18.6. The van der Waals surface area contributed by atoms with Crippen molar-refractivity contribution >= 4 is 11.6 Å². The molecule has 10 heteroatoms. The second-order valence-electron chi connectivity index (χ2n) is 8.19. The Hall–Kier alpha value is -2.75. The lowest BCUT2D eigenvalue weighted by Gasteiger charge is -2.21. The Labute approximate surface area is 185 Å². The van der Waals surface area contributed by atoms with Crippen LogP contribution in [0.3, 0.4) is 0 Å². The standard InChI is InChI=1S/C22H28F3N5O2/c1-29(2)11-12-32-16-8-10-26-19(13-16)20-27-18-6-4-5-17(18)21(28-20)30(3)14-15(31)7-9-22(23,24)25/h8,10,13H,4-7,9,11-12,14H2,1-3H3. The van der Waals surface area contributed by atoms with E-state index in [9.17, 15) is 18.0 Å². The van der Waals surface area contributed by atoms with Gasteiger partial charge in [-0.2, -0.15) is 13.2 Å². The summed E-state index contributed by atoms with van der Waals surface area (Å²) in [6.07, 6.45) is -1.90. The Balaban J connectivity index is 1.80. The summed E-state index contributed by atoms with van der Waals surface area (Å²) in [7, 11) is 5.60. The van der Waals surface area contributed by atoms with E-state index in [0.717, 1.165) is 37.1 Å². The van der Waals surface area contributed by atoms with Crippen LogP contribution in [-0.4, -0.2) is 72.7 Å². The number of hydrogen-bond donors (Lipinski definition) is 0. The van der Waals surface area contributed by atoms with E-state index in [0.29, 0.717) is 29.7 Å². The maximum absolute atomic E-state index is 12.4. The number of carbonyl (C=O) groups excluding carboxylic acids is 1. The first-order chi connectivity index (χ1) is 15.1. The van der Waals surface area contributed by atoms with Crippen molar-refractivity contribution in [3.05, 3.63) is 29.6 Å². The van der Waals surface area contributed by atoms with Crippen LogP contribution in [0.4, 0.5) is 19.0 Å². The molecule has 0 N–H and O–H groups in total. The highest BCUT2D eigenvalue weighted by Crippen LogP contribution is 2.31. The Bertz CT molecular complexity index is 950. The molecule has 0 fully saturated rings. The van der Waals surface area contributed by atoms with Gasteiger partial charge >= 0.3 is 6.18 Å².